The van der Waals surface area contributed by atoms with E-state index in [1.54, 1.807) is 60.6 Å². The van der Waals surface area contributed by atoms with Crippen molar-refractivity contribution in [3.05, 3.63) is 69.8 Å². The number of para-hydroxylation sites is 2. The highest BCUT2D eigenvalue weighted by Gasteiger charge is 2.61. The second kappa shape index (κ2) is 19.9. The summed E-state index contributed by atoms with van der Waals surface area (Å²) in [5.74, 6) is 6.19. The predicted octanol–water partition coefficient (Wildman–Crippen LogP) is 20.2. The van der Waals surface area contributed by atoms with Crippen LogP contribution in [0, 0.1) is 46.3 Å². The first kappa shape index (κ1) is 52.8. The molecule has 3 heterocycles. The third-order valence-corrected chi connectivity index (χ3v) is 34.5. The molecular weight excluding hydrogens is 873 g/mol. The predicted molar refractivity (Wildman–Crippen MR) is 305 cm³/mol. The molecule has 0 aromatic heterocycles. The summed E-state index contributed by atoms with van der Waals surface area (Å²) in [6.45, 7) is 51.0. The van der Waals surface area contributed by atoms with Crippen LogP contribution in [-0.2, 0) is 0 Å². The average Bonchev–Trinajstić information content (AvgIpc) is 3.55. The van der Waals surface area contributed by atoms with Gasteiger partial charge in [-0.05, 0) is 192 Å². The Labute approximate surface area is 413 Å². The van der Waals surface area contributed by atoms with Gasteiger partial charge in [-0.2, -0.15) is 0 Å². The van der Waals surface area contributed by atoms with E-state index in [4.69, 9.17) is 0 Å². The van der Waals surface area contributed by atoms with Gasteiger partial charge in [0.25, 0.3) is 0 Å². The van der Waals surface area contributed by atoms with E-state index in [9.17, 15) is 0 Å². The normalized spacial score (nSPS) is 32.8. The molecule has 4 fully saturated rings. The standard InChI is InChI=1S/C60H96N2P4/c1-37(2)47-23-21-24-48(38(3)4)53(47)61-55(59(35-57(61,17)18)31-43(13)27-29-51(59)41(9)10)63-65-33-45(15)46(16)34-66(65)64-56-60(32-44(14)28-30-52(60)42(11)12)36-58(19,20)62(56)54-49(39(5)6)25-22-26-50(54)40(7)8/h21-26,37-44,51-52H,27-36H2,1-20H3/t43-,44-,51+,52+,59-,60-,65+,66+/m1/s1. The summed E-state index contributed by atoms with van der Waals surface area (Å²) < 4.78 is 0. The van der Waals surface area contributed by atoms with Crippen molar-refractivity contribution in [3.8, 4) is 0 Å². The molecule has 366 valence electrons. The Morgan fingerprint density at radius 2 is 0.803 bits per heavy atom. The minimum absolute atomic E-state index is 0.0369. The number of hydrogen-bond donors (Lipinski definition) is 0. The molecule has 0 amide bonds. The van der Waals surface area contributed by atoms with Crippen LogP contribution in [-0.4, -0.2) is 34.2 Å². The first-order valence-corrected chi connectivity index (χ1v) is 34.0. The lowest BCUT2D eigenvalue weighted by Gasteiger charge is -2.48. The van der Waals surface area contributed by atoms with Gasteiger partial charge in [-0.15, -0.1) is 0 Å². The number of allylic oxidation sites excluding steroid dienone is 2. The van der Waals surface area contributed by atoms with Crippen molar-refractivity contribution in [1.82, 2.24) is 0 Å². The van der Waals surface area contributed by atoms with Gasteiger partial charge in [0.05, 0.1) is 10.8 Å². The van der Waals surface area contributed by atoms with Crippen LogP contribution in [0.2, 0.25) is 0 Å². The molecule has 2 saturated heterocycles. The Hall–Kier alpha value is -1.02. The summed E-state index contributed by atoms with van der Waals surface area (Å²) in [6.07, 6.45) is 13.4. The molecule has 5 aliphatic rings. The molecule has 3 aliphatic heterocycles. The Kier molecular flexibility index (Phi) is 15.9. The summed E-state index contributed by atoms with van der Waals surface area (Å²) in [5.41, 5.74) is 17.1. The molecule has 6 heteroatoms. The van der Waals surface area contributed by atoms with E-state index in [0.717, 1.165) is 23.7 Å². The zero-order chi connectivity index (χ0) is 48.6. The number of hydrogen-bond acceptors (Lipinski definition) is 0. The smallest absolute Gasteiger partial charge is 0.0531 e. The van der Waals surface area contributed by atoms with Crippen LogP contribution in [0.1, 0.15) is 236 Å². The van der Waals surface area contributed by atoms with Gasteiger partial charge < -0.3 is 9.80 Å². The van der Waals surface area contributed by atoms with Crippen LogP contribution >= 0.6 is 30.4 Å². The number of anilines is 2. The molecule has 2 spiro atoms. The zero-order valence-corrected chi connectivity index (χ0v) is 49.6. The third-order valence-electron chi connectivity index (χ3n) is 17.7. The molecule has 2 saturated carbocycles. The van der Waals surface area contributed by atoms with Crippen LogP contribution in [0.5, 0.6) is 0 Å². The highest BCUT2D eigenvalue weighted by atomic mass is 32.6. The van der Waals surface area contributed by atoms with E-state index in [0.29, 0.717) is 35.5 Å². The van der Waals surface area contributed by atoms with Gasteiger partial charge in [-0.25, -0.2) is 0 Å². The van der Waals surface area contributed by atoms with Gasteiger partial charge in [-0.1, -0.05) is 157 Å². The average molecular weight is 969 g/mol. The summed E-state index contributed by atoms with van der Waals surface area (Å²) >= 11 is 0. The molecule has 7 rings (SSSR count). The number of nitrogens with zero attached hydrogens (tertiary/aromatic N) is 2. The van der Waals surface area contributed by atoms with E-state index in [2.05, 4.69) is 185 Å². The lowest BCUT2D eigenvalue weighted by molar-refractivity contribution is 0.0863. The maximum absolute atomic E-state index is 3.10. The first-order valence-electron chi connectivity index (χ1n) is 27.0. The summed E-state index contributed by atoms with van der Waals surface area (Å²) in [5, 5.41) is 0. The van der Waals surface area contributed by atoms with Gasteiger partial charge in [0.1, 0.15) is 0 Å². The van der Waals surface area contributed by atoms with Crippen molar-refractivity contribution >= 4 is 52.6 Å². The molecule has 8 atom stereocenters. The summed E-state index contributed by atoms with van der Waals surface area (Å²) in [6, 6.07) is 14.8. The molecular formula is C60H96N2P4. The molecule has 0 unspecified atom stereocenters. The molecule has 0 N–H and O–H groups in total. The van der Waals surface area contributed by atoms with Crippen LogP contribution < -0.4 is 9.80 Å². The molecule has 2 aliphatic carbocycles. The topological polar surface area (TPSA) is 6.48 Å². The fourth-order valence-electron chi connectivity index (χ4n) is 14.9. The molecule has 2 aromatic carbocycles. The fraction of sp³-hybridized carbons (Fsp3) is 0.733. The largest absolute Gasteiger partial charge is 0.334 e. The lowest BCUT2D eigenvalue weighted by atomic mass is 9.58. The highest BCUT2D eigenvalue weighted by Crippen LogP contribution is 2.87. The van der Waals surface area contributed by atoms with Gasteiger partial charge in [-0.3, -0.25) is 0 Å². The van der Waals surface area contributed by atoms with E-state index >= 15 is 0 Å². The Balaban J connectivity index is 1.56. The van der Waals surface area contributed by atoms with Gasteiger partial charge in [0.2, 0.25) is 0 Å². The van der Waals surface area contributed by atoms with E-state index < -0.39 is 0 Å². The first-order chi connectivity index (χ1) is 30.8. The Morgan fingerprint density at radius 1 is 0.500 bits per heavy atom. The van der Waals surface area contributed by atoms with Gasteiger partial charge in [0.15, 0.2) is 0 Å². The van der Waals surface area contributed by atoms with Crippen molar-refractivity contribution < 1.29 is 0 Å². The minimum Gasteiger partial charge on any atom is -0.334 e. The van der Waals surface area contributed by atoms with Crippen LogP contribution in [0.3, 0.4) is 0 Å². The van der Waals surface area contributed by atoms with E-state index in [1.165, 1.54) is 63.7 Å². The summed E-state index contributed by atoms with van der Waals surface area (Å²) in [7, 11) is 2.76. The fourth-order valence-corrected chi connectivity index (χ4v) is 33.7. The lowest BCUT2D eigenvalue weighted by Crippen LogP contribution is -2.46. The van der Waals surface area contributed by atoms with Crippen molar-refractivity contribution in [3.63, 3.8) is 0 Å². The SMILES string of the molecule is CC1=C(C)C[P@@](P=C2N(c3c(C(C)C)cccc3C(C)C)C(C)(C)C[C@@]23C[C@H](C)CC[C@H]3C(C)C)[P@](P=C2N(c3c(C(C)C)cccc3C(C)C)C(C)(C)C[C@@]23C[C@H](C)CC[C@H]3C(C)C)C1. The van der Waals surface area contributed by atoms with Crippen molar-refractivity contribution in [1.29, 1.82) is 0 Å². The maximum Gasteiger partial charge on any atom is 0.0531 e. The van der Waals surface area contributed by atoms with Crippen molar-refractivity contribution in [2.24, 2.45) is 46.3 Å². The number of rotatable bonds is 10. The minimum atomic E-state index is -0.337. The molecule has 2 aromatic rings. The Morgan fingerprint density at radius 3 is 1.08 bits per heavy atom. The van der Waals surface area contributed by atoms with E-state index in [-0.39, 0.29) is 36.5 Å². The quantitative estimate of drug-likeness (QED) is 0.173. The number of benzene rings is 2. The van der Waals surface area contributed by atoms with Crippen molar-refractivity contribution in [2.75, 3.05) is 22.1 Å². The molecule has 0 radical (unpaired) electrons. The second-order valence-corrected chi connectivity index (χ2v) is 38.3. The zero-order valence-electron chi connectivity index (χ0n) is 46.0. The maximum atomic E-state index is 3.10. The molecule has 66 heavy (non-hydrogen) atoms. The monoisotopic (exact) mass is 969 g/mol. The summed E-state index contributed by atoms with van der Waals surface area (Å²) in [4.78, 5) is 6.20. The third kappa shape index (κ3) is 9.57. The highest BCUT2D eigenvalue weighted by molar-refractivity contribution is 8.71. The van der Waals surface area contributed by atoms with E-state index in [1.807, 2.05) is 10.8 Å². The van der Waals surface area contributed by atoms with Crippen LogP contribution in [0.25, 0.3) is 0 Å². The Bertz CT molecular complexity index is 1970. The molecule has 0 bridgehead atoms. The van der Waals surface area contributed by atoms with Gasteiger partial charge in [0, 0.05) is 45.6 Å². The van der Waals surface area contributed by atoms with Crippen LogP contribution in [0.4, 0.5) is 11.4 Å². The molecule has 2 nitrogen and oxygen atoms in total. The van der Waals surface area contributed by atoms with Crippen LogP contribution in [0.15, 0.2) is 47.5 Å². The van der Waals surface area contributed by atoms with Gasteiger partial charge >= 0.3 is 0 Å². The van der Waals surface area contributed by atoms with Crippen molar-refractivity contribution in [2.45, 2.75) is 225 Å². The second-order valence-electron chi connectivity index (χ2n) is 26.1.